The maximum atomic E-state index is 7.41. The molecule has 0 N–H and O–H groups in total. The first-order valence-corrected chi connectivity index (χ1v) is 3.48. The molecule has 0 saturated carbocycles. The van der Waals surface area contributed by atoms with Crippen molar-refractivity contribution < 1.29 is 21.6 Å². The van der Waals surface area contributed by atoms with Crippen LogP contribution in [0.25, 0.3) is 0 Å². The second kappa shape index (κ2) is 3.55. The van der Waals surface area contributed by atoms with Gasteiger partial charge >= 0.3 is 0 Å². The Hall–Kier alpha value is -0.0800. The lowest BCUT2D eigenvalue weighted by atomic mass is 10.2. The maximum Gasteiger partial charge on any atom is 0.102 e. The van der Waals surface area contributed by atoms with Gasteiger partial charge in [0.25, 0.3) is 0 Å². The van der Waals surface area contributed by atoms with Crippen LogP contribution < -0.4 is 0 Å². The number of quaternary nitrogens is 1. The minimum absolute atomic E-state index is 0.279. The van der Waals surface area contributed by atoms with Gasteiger partial charge in [-0.05, 0) is 20.8 Å². The van der Waals surface area contributed by atoms with Gasteiger partial charge in [-0.25, -0.2) is 0 Å². The molecule has 0 aliphatic carbocycles. The van der Waals surface area contributed by atoms with Crippen LogP contribution in [0.2, 0.25) is 0 Å². The monoisotopic (exact) mass is 169 g/mol. The maximum absolute atomic E-state index is 7.41. The largest absolute Gasteiger partial charge is 0.370 e. The summed E-state index contributed by atoms with van der Waals surface area (Å²) in [6, 6.07) is 0. The van der Waals surface area contributed by atoms with Gasteiger partial charge in [0.05, 0.1) is 45.5 Å². The molecule has 0 bridgehead atoms. The molecule has 0 atom stereocenters. The summed E-state index contributed by atoms with van der Waals surface area (Å²) in [5.74, 6) is 0. The highest BCUT2D eigenvalue weighted by molar-refractivity contribution is 4.57. The molecule has 11 heavy (non-hydrogen) atoms. The molecule has 0 heterocycles. The summed E-state index contributed by atoms with van der Waals surface area (Å²) in [5, 5.41) is 0. The number of likely N-dealkylation sites (N-methyl/N-ethyl adjacent to an activating group) is 1. The Kier molecular flexibility index (Phi) is 0.968. The molecule has 0 unspecified atom stereocenters. The molecule has 0 fully saturated rings. The summed E-state index contributed by atoms with van der Waals surface area (Å²) < 4.78 is 70.0. The van der Waals surface area contributed by atoms with Crippen LogP contribution in [0.15, 0.2) is 0 Å². The van der Waals surface area contributed by atoms with Crippen LogP contribution in [0.4, 0.5) is 0 Å². The summed E-state index contributed by atoms with van der Waals surface area (Å²) in [5.41, 5.74) is -0.617. The van der Waals surface area contributed by atoms with E-state index >= 15 is 0 Å². The van der Waals surface area contributed by atoms with Crippen LogP contribution in [0.1, 0.15) is 33.1 Å². The third-order valence-electron chi connectivity index (χ3n) is 0.962. The Morgan fingerprint density at radius 3 is 2.18 bits per heavy atom. The van der Waals surface area contributed by atoms with Crippen molar-refractivity contribution in [2.45, 2.75) is 26.4 Å². The molecule has 2 nitrogen and oxygen atoms in total. The predicted molar refractivity (Wildman–Crippen MR) is 48.6 cm³/mol. The first-order chi connectivity index (χ1) is 8.46. The number of hydrogen-bond acceptors (Lipinski definition) is 1. The second-order valence-electron chi connectivity index (χ2n) is 3.49. The van der Waals surface area contributed by atoms with Gasteiger partial charge in [-0.3, -0.25) is 0 Å². The fourth-order valence-corrected chi connectivity index (χ4v) is 0.489. The van der Waals surface area contributed by atoms with Crippen LogP contribution in [-0.2, 0) is 4.74 Å². The molecule has 0 aliphatic heterocycles. The van der Waals surface area contributed by atoms with Gasteiger partial charge in [0.2, 0.25) is 0 Å². The minimum Gasteiger partial charge on any atom is -0.370 e. The summed E-state index contributed by atoms with van der Waals surface area (Å²) >= 11 is 0. The van der Waals surface area contributed by atoms with E-state index in [0.29, 0.717) is 0 Å². The standard InChI is InChI=1S/C9H22NO/c1-9(2,3)11-8-7-10(4,5)6/h7-8H2,1-6H3/q+1/i4D3,5D3,6D3. The van der Waals surface area contributed by atoms with Crippen molar-refractivity contribution in [3.05, 3.63) is 0 Å². The molecule has 0 aromatic carbocycles. The lowest BCUT2D eigenvalue weighted by Gasteiger charge is -2.26. The van der Waals surface area contributed by atoms with Gasteiger partial charge < -0.3 is 9.22 Å². The second-order valence-corrected chi connectivity index (χ2v) is 3.49. The van der Waals surface area contributed by atoms with Gasteiger partial charge in [0.15, 0.2) is 0 Å². The molecule has 2 heteroatoms. The van der Waals surface area contributed by atoms with E-state index in [0.717, 1.165) is 0 Å². The molecule has 68 valence electrons. The highest BCUT2D eigenvalue weighted by Crippen LogP contribution is 2.06. The van der Waals surface area contributed by atoms with Crippen molar-refractivity contribution in [2.75, 3.05) is 34.1 Å². The van der Waals surface area contributed by atoms with Gasteiger partial charge in [-0.1, -0.05) is 0 Å². The van der Waals surface area contributed by atoms with Crippen LogP contribution >= 0.6 is 0 Å². The van der Waals surface area contributed by atoms with Crippen LogP contribution in [0, 0.1) is 0 Å². The molecule has 0 amide bonds. The number of hydrogen-bond donors (Lipinski definition) is 0. The zero-order valence-electron chi connectivity index (χ0n) is 16.3. The third kappa shape index (κ3) is 9.92. The third-order valence-corrected chi connectivity index (χ3v) is 0.962. The van der Waals surface area contributed by atoms with E-state index < -0.39 is 37.6 Å². The van der Waals surface area contributed by atoms with Crippen molar-refractivity contribution in [3.63, 3.8) is 0 Å². The zero-order valence-corrected chi connectivity index (χ0v) is 7.27. The van der Waals surface area contributed by atoms with E-state index in [-0.39, 0.29) is 6.61 Å². The van der Waals surface area contributed by atoms with E-state index in [4.69, 9.17) is 17.1 Å². The molecule has 0 saturated heterocycles. The first kappa shape index (κ1) is 3.00. The van der Waals surface area contributed by atoms with Gasteiger partial charge in [0, 0.05) is 0 Å². The molecule has 0 radical (unpaired) electrons. The minimum atomic E-state index is -3.21. The average molecular weight is 169 g/mol. The summed E-state index contributed by atoms with van der Waals surface area (Å²) in [6.45, 7) is -5.43. The quantitative estimate of drug-likeness (QED) is 0.582. The Morgan fingerprint density at radius 2 is 1.82 bits per heavy atom. The van der Waals surface area contributed by atoms with E-state index in [1.807, 2.05) is 0 Å². The van der Waals surface area contributed by atoms with E-state index in [9.17, 15) is 0 Å². The Bertz CT molecular complexity index is 286. The summed E-state index contributed by atoms with van der Waals surface area (Å²) in [6.07, 6.45) is 0. The normalized spacial score (nSPS) is 29.2. The van der Waals surface area contributed by atoms with Crippen molar-refractivity contribution in [1.82, 2.24) is 0 Å². The fourth-order valence-electron chi connectivity index (χ4n) is 0.489. The topological polar surface area (TPSA) is 9.23 Å². The molecular formula is C9H22NO+. The number of rotatable bonds is 3. The van der Waals surface area contributed by atoms with Crippen LogP contribution in [0.3, 0.4) is 0 Å². The predicted octanol–water partition coefficient (Wildman–Crippen LogP) is 1.51. The SMILES string of the molecule is [2H]C([2H])([2H])[N+](CCOC(C)(C)C)(C([2H])([2H])[2H])C([2H])([2H])[2H]. The highest BCUT2D eigenvalue weighted by Gasteiger charge is 2.12. The zero-order chi connectivity index (χ0) is 16.6. The summed E-state index contributed by atoms with van der Waals surface area (Å²) in [7, 11) is 0. The molecule has 0 aliphatic rings. The molecular weight excluding hydrogens is 138 g/mol. The molecule has 0 aromatic rings. The smallest absolute Gasteiger partial charge is 0.102 e. The lowest BCUT2D eigenvalue weighted by Crippen LogP contribution is -2.39. The number of ether oxygens (including phenoxy) is 1. The van der Waals surface area contributed by atoms with E-state index in [1.165, 1.54) is 0 Å². The van der Waals surface area contributed by atoms with Crippen LogP contribution in [-0.4, -0.2) is 44.2 Å². The van der Waals surface area contributed by atoms with Crippen molar-refractivity contribution >= 4 is 0 Å². The average Bonchev–Trinajstić information content (AvgIpc) is 2.03. The lowest BCUT2D eigenvalue weighted by molar-refractivity contribution is -0.871. The number of nitrogens with zero attached hydrogens (tertiary/aromatic N) is 1. The van der Waals surface area contributed by atoms with Gasteiger partial charge in [0.1, 0.15) is 6.54 Å². The van der Waals surface area contributed by atoms with Gasteiger partial charge in [-0.15, -0.1) is 0 Å². The van der Waals surface area contributed by atoms with Crippen LogP contribution in [0.5, 0.6) is 0 Å². The van der Waals surface area contributed by atoms with Gasteiger partial charge in [-0.2, -0.15) is 0 Å². The van der Waals surface area contributed by atoms with Crippen molar-refractivity contribution in [2.24, 2.45) is 0 Å². The van der Waals surface area contributed by atoms with Crippen molar-refractivity contribution in [1.29, 1.82) is 0 Å². The Labute approximate surface area is 83.4 Å². The first-order valence-electron chi connectivity index (χ1n) is 7.98. The molecule has 0 aromatic heterocycles. The van der Waals surface area contributed by atoms with Crippen molar-refractivity contribution in [3.8, 4) is 0 Å². The molecule has 0 rings (SSSR count). The molecule has 0 spiro atoms. The Morgan fingerprint density at radius 1 is 1.27 bits per heavy atom. The van der Waals surface area contributed by atoms with E-state index in [2.05, 4.69) is 0 Å². The highest BCUT2D eigenvalue weighted by atomic mass is 16.5. The van der Waals surface area contributed by atoms with E-state index in [1.54, 1.807) is 20.8 Å². The Balaban J connectivity index is 5.58. The fraction of sp³-hybridized carbons (Fsp3) is 1.00. The summed E-state index contributed by atoms with van der Waals surface area (Å²) in [4.78, 5) is 0.